The number of aromatic nitrogens is 1. The molecule has 1 unspecified atom stereocenters. The molecule has 96 valence electrons. The summed E-state index contributed by atoms with van der Waals surface area (Å²) in [5.41, 5.74) is 6.62. The predicted octanol–water partition coefficient (Wildman–Crippen LogP) is 3.16. The zero-order valence-corrected chi connectivity index (χ0v) is 11.4. The van der Waals surface area contributed by atoms with Gasteiger partial charge < -0.3 is 0 Å². The Morgan fingerprint density at radius 1 is 1.21 bits per heavy atom. The number of nitrogens with one attached hydrogen (secondary N) is 1. The Morgan fingerprint density at radius 2 is 2.11 bits per heavy atom. The fourth-order valence-electron chi connectivity index (χ4n) is 2.41. The van der Waals surface area contributed by atoms with Gasteiger partial charge in [-0.2, -0.15) is 11.3 Å². The number of nitrogens with zero attached hydrogens (tertiary/aromatic N) is 1. The van der Waals surface area contributed by atoms with Crippen LogP contribution in [0.5, 0.6) is 0 Å². The van der Waals surface area contributed by atoms with E-state index in [2.05, 4.69) is 40.2 Å². The molecular formula is C15H15N3S. The summed E-state index contributed by atoms with van der Waals surface area (Å²) in [5.74, 6) is 5.79. The number of hydrogen-bond donors (Lipinski definition) is 2. The second-order valence-corrected chi connectivity index (χ2v) is 5.30. The molecule has 3 aromatic rings. The Kier molecular flexibility index (Phi) is 3.29. The van der Waals surface area contributed by atoms with Crippen molar-refractivity contribution in [3.8, 4) is 0 Å². The average Bonchev–Trinajstić information content (AvgIpc) is 2.86. The van der Waals surface area contributed by atoms with Crippen LogP contribution < -0.4 is 11.3 Å². The number of hydrogen-bond acceptors (Lipinski definition) is 4. The van der Waals surface area contributed by atoms with Gasteiger partial charge in [0.15, 0.2) is 0 Å². The van der Waals surface area contributed by atoms with Crippen LogP contribution in [0.15, 0.2) is 47.4 Å². The standard InChI is InChI=1S/C15H15N3S/c1-10-8-19-9-14(10)15(18-16)13-4-2-3-11-7-17-6-5-12(11)13/h2-9,15,18H,16H2,1H3. The van der Waals surface area contributed by atoms with Gasteiger partial charge in [0, 0.05) is 17.8 Å². The molecule has 0 fully saturated rings. The fraction of sp³-hybridized carbons (Fsp3) is 0.133. The van der Waals surface area contributed by atoms with E-state index in [1.54, 1.807) is 11.3 Å². The molecular weight excluding hydrogens is 254 g/mol. The first kappa shape index (κ1) is 12.3. The van der Waals surface area contributed by atoms with Crippen LogP contribution in [0.4, 0.5) is 0 Å². The van der Waals surface area contributed by atoms with Crippen molar-refractivity contribution >= 4 is 22.1 Å². The van der Waals surface area contributed by atoms with Crippen LogP contribution in [0.1, 0.15) is 22.7 Å². The van der Waals surface area contributed by atoms with E-state index in [9.17, 15) is 0 Å². The highest BCUT2D eigenvalue weighted by atomic mass is 32.1. The molecule has 4 heteroatoms. The molecule has 0 bridgehead atoms. The summed E-state index contributed by atoms with van der Waals surface area (Å²) in [6.07, 6.45) is 3.70. The van der Waals surface area contributed by atoms with Crippen molar-refractivity contribution in [2.45, 2.75) is 13.0 Å². The first-order valence-corrected chi connectivity index (χ1v) is 7.07. The molecule has 0 saturated heterocycles. The molecule has 1 aromatic carbocycles. The summed E-state index contributed by atoms with van der Waals surface area (Å²) in [6, 6.07) is 8.28. The van der Waals surface area contributed by atoms with Crippen LogP contribution in [0.25, 0.3) is 10.8 Å². The van der Waals surface area contributed by atoms with E-state index in [0.717, 1.165) is 5.39 Å². The van der Waals surface area contributed by atoms with Gasteiger partial charge in [0.25, 0.3) is 0 Å². The Labute approximate surface area is 116 Å². The lowest BCUT2D eigenvalue weighted by Gasteiger charge is -2.18. The van der Waals surface area contributed by atoms with Crippen molar-refractivity contribution in [1.82, 2.24) is 10.4 Å². The summed E-state index contributed by atoms with van der Waals surface area (Å²) < 4.78 is 0. The first-order valence-electron chi connectivity index (χ1n) is 6.12. The molecule has 0 saturated carbocycles. The van der Waals surface area contributed by atoms with Crippen LogP contribution >= 0.6 is 11.3 Å². The van der Waals surface area contributed by atoms with Gasteiger partial charge in [0.05, 0.1) is 6.04 Å². The average molecular weight is 269 g/mol. The van der Waals surface area contributed by atoms with Gasteiger partial charge in [-0.25, -0.2) is 5.43 Å². The van der Waals surface area contributed by atoms with E-state index < -0.39 is 0 Å². The Bertz CT molecular complexity index is 700. The van der Waals surface area contributed by atoms with Crippen LogP contribution in [0.3, 0.4) is 0 Å². The number of fused-ring (bicyclic) bond motifs is 1. The molecule has 0 radical (unpaired) electrons. The third kappa shape index (κ3) is 2.14. The second-order valence-electron chi connectivity index (χ2n) is 4.55. The molecule has 0 aliphatic heterocycles. The minimum atomic E-state index is 0.0114. The second kappa shape index (κ2) is 5.09. The summed E-state index contributed by atoms with van der Waals surface area (Å²) in [5, 5.41) is 6.62. The summed E-state index contributed by atoms with van der Waals surface area (Å²) >= 11 is 1.70. The number of hydrazine groups is 1. The molecule has 19 heavy (non-hydrogen) atoms. The summed E-state index contributed by atoms with van der Waals surface area (Å²) in [7, 11) is 0. The van der Waals surface area contributed by atoms with Crippen molar-refractivity contribution in [2.24, 2.45) is 5.84 Å². The van der Waals surface area contributed by atoms with Crippen LogP contribution in [-0.4, -0.2) is 4.98 Å². The van der Waals surface area contributed by atoms with E-state index in [-0.39, 0.29) is 6.04 Å². The number of thiophene rings is 1. The molecule has 1 atom stereocenters. The summed E-state index contributed by atoms with van der Waals surface area (Å²) in [6.45, 7) is 2.11. The zero-order valence-electron chi connectivity index (χ0n) is 10.6. The lowest BCUT2D eigenvalue weighted by atomic mass is 9.95. The van der Waals surface area contributed by atoms with Crippen molar-refractivity contribution in [1.29, 1.82) is 0 Å². The number of rotatable bonds is 3. The van der Waals surface area contributed by atoms with E-state index in [1.165, 1.54) is 22.1 Å². The maximum absolute atomic E-state index is 5.79. The quantitative estimate of drug-likeness (QED) is 0.567. The van der Waals surface area contributed by atoms with Crippen LogP contribution in [-0.2, 0) is 0 Å². The highest BCUT2D eigenvalue weighted by Crippen LogP contribution is 2.31. The predicted molar refractivity (Wildman–Crippen MR) is 80.0 cm³/mol. The number of benzene rings is 1. The van der Waals surface area contributed by atoms with Gasteiger partial charge in [-0.3, -0.25) is 10.8 Å². The Balaban J connectivity index is 2.20. The van der Waals surface area contributed by atoms with E-state index in [0.29, 0.717) is 0 Å². The van der Waals surface area contributed by atoms with E-state index >= 15 is 0 Å². The number of nitrogens with two attached hydrogens (primary N) is 1. The molecule has 3 nitrogen and oxygen atoms in total. The van der Waals surface area contributed by atoms with E-state index in [1.807, 2.05) is 24.5 Å². The van der Waals surface area contributed by atoms with Crippen LogP contribution in [0.2, 0.25) is 0 Å². The number of aryl methyl sites for hydroxylation is 1. The van der Waals surface area contributed by atoms with Crippen molar-refractivity contribution in [3.05, 3.63) is 64.1 Å². The molecule has 2 aromatic heterocycles. The third-order valence-electron chi connectivity index (χ3n) is 3.40. The largest absolute Gasteiger partial charge is 0.271 e. The van der Waals surface area contributed by atoms with Gasteiger partial charge in [-0.1, -0.05) is 18.2 Å². The monoisotopic (exact) mass is 269 g/mol. The normalized spacial score (nSPS) is 12.7. The molecule has 3 rings (SSSR count). The minimum Gasteiger partial charge on any atom is -0.271 e. The van der Waals surface area contributed by atoms with Crippen LogP contribution in [0, 0.1) is 6.92 Å². The highest BCUT2D eigenvalue weighted by Gasteiger charge is 2.17. The summed E-state index contributed by atoms with van der Waals surface area (Å²) in [4.78, 5) is 4.17. The molecule has 3 N–H and O–H groups in total. The van der Waals surface area contributed by atoms with Crippen molar-refractivity contribution < 1.29 is 0 Å². The van der Waals surface area contributed by atoms with Gasteiger partial charge >= 0.3 is 0 Å². The van der Waals surface area contributed by atoms with E-state index in [4.69, 9.17) is 5.84 Å². The third-order valence-corrected chi connectivity index (χ3v) is 4.28. The molecule has 2 heterocycles. The lowest BCUT2D eigenvalue weighted by molar-refractivity contribution is 0.640. The lowest BCUT2D eigenvalue weighted by Crippen LogP contribution is -2.29. The van der Waals surface area contributed by atoms with Gasteiger partial charge in [0.2, 0.25) is 0 Å². The SMILES string of the molecule is Cc1cscc1C(NN)c1cccc2cnccc12. The van der Waals surface area contributed by atoms with Gasteiger partial charge in [0.1, 0.15) is 0 Å². The van der Waals surface area contributed by atoms with Crippen molar-refractivity contribution in [3.63, 3.8) is 0 Å². The minimum absolute atomic E-state index is 0.0114. The Hall–Kier alpha value is -1.75. The Morgan fingerprint density at radius 3 is 2.84 bits per heavy atom. The van der Waals surface area contributed by atoms with Crippen molar-refractivity contribution in [2.75, 3.05) is 0 Å². The zero-order chi connectivity index (χ0) is 13.2. The van der Waals surface area contributed by atoms with Gasteiger partial charge in [-0.15, -0.1) is 0 Å². The molecule has 0 amide bonds. The first-order chi connectivity index (χ1) is 9.31. The highest BCUT2D eigenvalue weighted by molar-refractivity contribution is 7.08. The maximum atomic E-state index is 5.79. The maximum Gasteiger partial charge on any atom is 0.0726 e. The molecule has 0 aliphatic carbocycles. The number of pyridine rings is 1. The van der Waals surface area contributed by atoms with Gasteiger partial charge in [-0.05, 0) is 45.8 Å². The molecule has 0 spiro atoms. The smallest absolute Gasteiger partial charge is 0.0726 e. The molecule has 0 aliphatic rings. The topological polar surface area (TPSA) is 50.9 Å². The fourth-order valence-corrected chi connectivity index (χ4v) is 3.29.